The fourth-order valence-corrected chi connectivity index (χ4v) is 3.07. The maximum absolute atomic E-state index is 5.19. The average molecular weight is 393 g/mol. The third kappa shape index (κ3) is 5.34. The SMILES string of the molecule is CCN(CC)c1ccc(Nc2nncc(NCc3ccc(OC)cc3)n2)c(C)c1. The molecule has 7 heteroatoms. The second kappa shape index (κ2) is 9.73. The topological polar surface area (TPSA) is 75.2 Å². The summed E-state index contributed by atoms with van der Waals surface area (Å²) < 4.78 is 5.19. The highest BCUT2D eigenvalue weighted by Crippen LogP contribution is 2.24. The highest BCUT2D eigenvalue weighted by molar-refractivity contribution is 5.64. The van der Waals surface area contributed by atoms with Crippen LogP contribution >= 0.6 is 0 Å². The van der Waals surface area contributed by atoms with Crippen LogP contribution < -0.4 is 20.3 Å². The van der Waals surface area contributed by atoms with Gasteiger partial charge in [0, 0.05) is 31.0 Å². The molecule has 1 heterocycles. The Morgan fingerprint density at radius 3 is 2.45 bits per heavy atom. The van der Waals surface area contributed by atoms with Crippen LogP contribution in [0.3, 0.4) is 0 Å². The van der Waals surface area contributed by atoms with Gasteiger partial charge in [-0.1, -0.05) is 12.1 Å². The Morgan fingerprint density at radius 2 is 1.79 bits per heavy atom. The molecule has 0 aliphatic carbocycles. The van der Waals surface area contributed by atoms with Crippen LogP contribution in [0.4, 0.5) is 23.1 Å². The van der Waals surface area contributed by atoms with Crippen molar-refractivity contribution < 1.29 is 4.74 Å². The van der Waals surface area contributed by atoms with Gasteiger partial charge in [-0.15, -0.1) is 5.10 Å². The second-order valence-corrected chi connectivity index (χ2v) is 6.66. The maximum Gasteiger partial charge on any atom is 0.249 e. The van der Waals surface area contributed by atoms with Crippen molar-refractivity contribution >= 4 is 23.1 Å². The Morgan fingerprint density at radius 1 is 1.03 bits per heavy atom. The van der Waals surface area contributed by atoms with E-state index in [4.69, 9.17) is 4.74 Å². The molecule has 0 saturated heterocycles. The zero-order valence-electron chi connectivity index (χ0n) is 17.4. The summed E-state index contributed by atoms with van der Waals surface area (Å²) in [5.74, 6) is 1.96. The molecule has 3 aromatic rings. The number of anilines is 4. The molecule has 0 bridgehead atoms. The molecular formula is C22H28N6O. The molecule has 2 N–H and O–H groups in total. The van der Waals surface area contributed by atoms with Gasteiger partial charge >= 0.3 is 0 Å². The van der Waals surface area contributed by atoms with E-state index < -0.39 is 0 Å². The Bertz CT molecular complexity index is 925. The molecule has 0 aliphatic rings. The van der Waals surface area contributed by atoms with Gasteiger partial charge in [0.1, 0.15) is 5.75 Å². The summed E-state index contributed by atoms with van der Waals surface area (Å²) in [6.07, 6.45) is 1.62. The number of rotatable bonds is 9. The molecule has 0 amide bonds. The molecule has 0 atom stereocenters. The lowest BCUT2D eigenvalue weighted by atomic mass is 10.1. The van der Waals surface area contributed by atoms with Crippen molar-refractivity contribution in [2.75, 3.05) is 35.7 Å². The van der Waals surface area contributed by atoms with E-state index in [1.807, 2.05) is 24.3 Å². The van der Waals surface area contributed by atoms with E-state index in [-0.39, 0.29) is 0 Å². The van der Waals surface area contributed by atoms with E-state index in [9.17, 15) is 0 Å². The smallest absolute Gasteiger partial charge is 0.249 e. The molecule has 0 fully saturated rings. The lowest BCUT2D eigenvalue weighted by Gasteiger charge is -2.22. The summed E-state index contributed by atoms with van der Waals surface area (Å²) in [6.45, 7) is 9.01. The van der Waals surface area contributed by atoms with Crippen LogP contribution in [0.15, 0.2) is 48.7 Å². The van der Waals surface area contributed by atoms with Gasteiger partial charge in [-0.25, -0.2) is 0 Å². The van der Waals surface area contributed by atoms with E-state index in [1.165, 1.54) is 5.69 Å². The van der Waals surface area contributed by atoms with Crippen molar-refractivity contribution in [3.05, 3.63) is 59.8 Å². The number of aryl methyl sites for hydroxylation is 1. The molecule has 0 aliphatic heterocycles. The first kappa shape index (κ1) is 20.4. The normalized spacial score (nSPS) is 10.5. The van der Waals surface area contributed by atoms with E-state index in [0.717, 1.165) is 35.7 Å². The highest BCUT2D eigenvalue weighted by Gasteiger charge is 2.07. The molecule has 0 unspecified atom stereocenters. The fraction of sp³-hybridized carbons (Fsp3) is 0.318. The number of nitrogens with zero attached hydrogens (tertiary/aromatic N) is 4. The van der Waals surface area contributed by atoms with Crippen LogP contribution in [0.2, 0.25) is 0 Å². The minimum atomic E-state index is 0.462. The van der Waals surface area contributed by atoms with Gasteiger partial charge in [0.25, 0.3) is 0 Å². The minimum absolute atomic E-state index is 0.462. The van der Waals surface area contributed by atoms with Crippen LogP contribution in [0.5, 0.6) is 5.75 Å². The molecule has 0 spiro atoms. The monoisotopic (exact) mass is 392 g/mol. The van der Waals surface area contributed by atoms with Crippen LogP contribution in [0, 0.1) is 6.92 Å². The van der Waals surface area contributed by atoms with Crippen LogP contribution in [0.25, 0.3) is 0 Å². The predicted molar refractivity (Wildman–Crippen MR) is 118 cm³/mol. The molecule has 1 aromatic heterocycles. The van der Waals surface area contributed by atoms with Crippen molar-refractivity contribution in [2.24, 2.45) is 0 Å². The molecule has 7 nitrogen and oxygen atoms in total. The Balaban J connectivity index is 1.66. The van der Waals surface area contributed by atoms with Crippen molar-refractivity contribution in [1.29, 1.82) is 0 Å². The Kier molecular flexibility index (Phi) is 6.84. The van der Waals surface area contributed by atoms with Crippen LogP contribution in [-0.2, 0) is 6.54 Å². The summed E-state index contributed by atoms with van der Waals surface area (Å²) in [4.78, 5) is 6.83. The van der Waals surface area contributed by atoms with E-state index in [0.29, 0.717) is 18.3 Å². The number of hydrogen-bond acceptors (Lipinski definition) is 7. The summed E-state index contributed by atoms with van der Waals surface area (Å²) in [5, 5.41) is 14.7. The molecule has 2 aromatic carbocycles. The minimum Gasteiger partial charge on any atom is -0.497 e. The quantitative estimate of drug-likeness (QED) is 0.559. The van der Waals surface area contributed by atoms with Crippen molar-refractivity contribution in [3.8, 4) is 5.75 Å². The molecule has 29 heavy (non-hydrogen) atoms. The summed E-state index contributed by atoms with van der Waals surface area (Å²) >= 11 is 0. The standard InChI is InChI=1S/C22H28N6O/c1-5-28(6-2)18-9-12-20(16(3)13-18)25-22-26-21(15-24-27-22)23-14-17-7-10-19(29-4)11-8-17/h7-13,15H,5-6,14H2,1-4H3,(H2,23,25,26,27). The Labute approximate surface area is 172 Å². The first-order chi connectivity index (χ1) is 14.1. The number of ether oxygens (including phenoxy) is 1. The summed E-state index contributed by atoms with van der Waals surface area (Å²) in [5.41, 5.74) is 4.44. The van der Waals surface area contributed by atoms with Gasteiger partial charge in [0.15, 0.2) is 5.82 Å². The van der Waals surface area contributed by atoms with Gasteiger partial charge in [-0.05, 0) is 62.2 Å². The molecular weight excluding hydrogens is 364 g/mol. The van der Waals surface area contributed by atoms with E-state index >= 15 is 0 Å². The van der Waals surface area contributed by atoms with Crippen LogP contribution in [-0.4, -0.2) is 35.4 Å². The van der Waals surface area contributed by atoms with E-state index in [1.54, 1.807) is 13.3 Å². The number of benzene rings is 2. The lowest BCUT2D eigenvalue weighted by Crippen LogP contribution is -2.21. The first-order valence-corrected chi connectivity index (χ1v) is 9.82. The highest BCUT2D eigenvalue weighted by atomic mass is 16.5. The van der Waals surface area contributed by atoms with E-state index in [2.05, 4.69) is 69.7 Å². The largest absolute Gasteiger partial charge is 0.497 e. The zero-order valence-corrected chi connectivity index (χ0v) is 17.4. The third-order valence-corrected chi connectivity index (χ3v) is 4.78. The van der Waals surface area contributed by atoms with Gasteiger partial charge in [0.05, 0.1) is 13.3 Å². The van der Waals surface area contributed by atoms with Gasteiger partial charge < -0.3 is 20.3 Å². The first-order valence-electron chi connectivity index (χ1n) is 9.82. The zero-order chi connectivity index (χ0) is 20.6. The number of hydrogen-bond donors (Lipinski definition) is 2. The molecule has 0 radical (unpaired) electrons. The Hall–Kier alpha value is -3.35. The average Bonchev–Trinajstić information content (AvgIpc) is 2.75. The lowest BCUT2D eigenvalue weighted by molar-refractivity contribution is 0.414. The summed E-state index contributed by atoms with van der Waals surface area (Å²) in [6, 6.07) is 14.3. The summed E-state index contributed by atoms with van der Waals surface area (Å²) in [7, 11) is 1.66. The number of nitrogens with one attached hydrogen (secondary N) is 2. The molecule has 152 valence electrons. The number of methoxy groups -OCH3 is 1. The van der Waals surface area contributed by atoms with Crippen molar-refractivity contribution in [3.63, 3.8) is 0 Å². The molecule has 0 saturated carbocycles. The number of aromatic nitrogens is 3. The van der Waals surface area contributed by atoms with Crippen LogP contribution in [0.1, 0.15) is 25.0 Å². The molecule has 3 rings (SSSR count). The fourth-order valence-electron chi connectivity index (χ4n) is 3.07. The third-order valence-electron chi connectivity index (χ3n) is 4.78. The van der Waals surface area contributed by atoms with Crippen molar-refractivity contribution in [1.82, 2.24) is 15.2 Å². The van der Waals surface area contributed by atoms with Gasteiger partial charge in [-0.2, -0.15) is 10.1 Å². The predicted octanol–water partition coefficient (Wildman–Crippen LogP) is 4.39. The van der Waals surface area contributed by atoms with Gasteiger partial charge in [-0.3, -0.25) is 0 Å². The van der Waals surface area contributed by atoms with Crippen molar-refractivity contribution in [2.45, 2.75) is 27.3 Å². The van der Waals surface area contributed by atoms with Gasteiger partial charge in [0.2, 0.25) is 5.95 Å². The maximum atomic E-state index is 5.19. The second-order valence-electron chi connectivity index (χ2n) is 6.66.